The van der Waals surface area contributed by atoms with Gasteiger partial charge in [-0.25, -0.2) is 0 Å². The van der Waals surface area contributed by atoms with Gasteiger partial charge in [-0.3, -0.25) is 9.59 Å². The van der Waals surface area contributed by atoms with E-state index in [9.17, 15) is 19.8 Å². The summed E-state index contributed by atoms with van der Waals surface area (Å²) in [5.74, 6) is -0.629. The van der Waals surface area contributed by atoms with Crippen molar-refractivity contribution in [1.29, 1.82) is 0 Å². The Kier molecular flexibility index (Phi) is 6.00. The summed E-state index contributed by atoms with van der Waals surface area (Å²) in [6, 6.07) is 2.82. The van der Waals surface area contributed by atoms with Crippen LogP contribution in [-0.4, -0.2) is 28.6 Å². The maximum absolute atomic E-state index is 11.5. The number of rotatable bonds is 6. The van der Waals surface area contributed by atoms with E-state index in [0.717, 1.165) is 6.08 Å². The topological polar surface area (TPSA) is 98.7 Å². The lowest BCUT2D eigenvalue weighted by atomic mass is 10.1. The molecular formula is C15H18N2O4. The largest absolute Gasteiger partial charge is 0.508 e. The fourth-order valence-electron chi connectivity index (χ4n) is 1.61. The summed E-state index contributed by atoms with van der Waals surface area (Å²) in [7, 11) is 0. The quantitative estimate of drug-likeness (QED) is 0.462. The highest BCUT2D eigenvalue weighted by atomic mass is 16.3. The van der Waals surface area contributed by atoms with E-state index in [0.29, 0.717) is 11.1 Å². The molecule has 0 aromatic heterocycles. The van der Waals surface area contributed by atoms with Crippen molar-refractivity contribution in [3.05, 3.63) is 48.1 Å². The van der Waals surface area contributed by atoms with Crippen molar-refractivity contribution >= 4 is 11.8 Å². The molecule has 0 unspecified atom stereocenters. The van der Waals surface area contributed by atoms with Crippen molar-refractivity contribution in [3.63, 3.8) is 0 Å². The molecular weight excluding hydrogens is 272 g/mol. The molecule has 2 amide bonds. The monoisotopic (exact) mass is 290 g/mol. The van der Waals surface area contributed by atoms with Crippen LogP contribution in [-0.2, 0) is 16.1 Å². The minimum atomic E-state index is -0.372. The lowest BCUT2D eigenvalue weighted by molar-refractivity contribution is -0.117. The van der Waals surface area contributed by atoms with E-state index in [1.54, 1.807) is 6.92 Å². The van der Waals surface area contributed by atoms with Gasteiger partial charge in [-0.2, -0.15) is 0 Å². The number of hydrogen-bond acceptors (Lipinski definition) is 4. The van der Waals surface area contributed by atoms with Gasteiger partial charge in [-0.15, -0.1) is 0 Å². The van der Waals surface area contributed by atoms with Crippen LogP contribution in [0.1, 0.15) is 11.1 Å². The summed E-state index contributed by atoms with van der Waals surface area (Å²) >= 11 is 0. The standard InChI is InChI=1S/C15H18N2O4/c1-3-13(19)16-6-4-5-14(20)17-9-11-8-12(18)7-10(2)15(11)21/h3-5,7-8,18,21H,1,6,9H2,2H3,(H,16,19)(H,17,20)/b5-4+. The van der Waals surface area contributed by atoms with Gasteiger partial charge in [0.25, 0.3) is 0 Å². The van der Waals surface area contributed by atoms with Crippen LogP contribution in [0.2, 0.25) is 0 Å². The molecule has 1 aromatic rings. The van der Waals surface area contributed by atoms with E-state index in [1.165, 1.54) is 24.3 Å². The number of phenolic OH excluding ortho intramolecular Hbond substituents is 2. The Hall–Kier alpha value is -2.76. The summed E-state index contributed by atoms with van der Waals surface area (Å²) in [5.41, 5.74) is 0.955. The van der Waals surface area contributed by atoms with Crippen molar-refractivity contribution in [3.8, 4) is 11.5 Å². The van der Waals surface area contributed by atoms with Gasteiger partial charge in [0.15, 0.2) is 0 Å². The molecule has 0 aliphatic heterocycles. The first-order valence-electron chi connectivity index (χ1n) is 6.30. The lowest BCUT2D eigenvalue weighted by Crippen LogP contribution is -2.23. The highest BCUT2D eigenvalue weighted by Crippen LogP contribution is 2.26. The van der Waals surface area contributed by atoms with E-state index in [1.807, 2.05) is 0 Å². The van der Waals surface area contributed by atoms with Crippen LogP contribution in [0.5, 0.6) is 11.5 Å². The molecule has 112 valence electrons. The SMILES string of the molecule is C=CC(=O)NC/C=C/C(=O)NCc1cc(O)cc(C)c1O. The molecule has 1 rings (SSSR count). The van der Waals surface area contributed by atoms with Gasteiger partial charge in [0, 0.05) is 24.7 Å². The second kappa shape index (κ2) is 7.74. The molecule has 4 N–H and O–H groups in total. The van der Waals surface area contributed by atoms with Gasteiger partial charge in [0.1, 0.15) is 11.5 Å². The molecule has 6 heteroatoms. The van der Waals surface area contributed by atoms with Crippen molar-refractivity contribution < 1.29 is 19.8 Å². The summed E-state index contributed by atoms with van der Waals surface area (Å²) in [6.45, 7) is 5.26. The second-order valence-corrected chi connectivity index (χ2v) is 4.34. The first-order chi connectivity index (χ1) is 9.93. The molecule has 0 saturated carbocycles. The Bertz CT molecular complexity index is 579. The van der Waals surface area contributed by atoms with Crippen molar-refractivity contribution in [2.45, 2.75) is 13.5 Å². The van der Waals surface area contributed by atoms with Crippen LogP contribution in [0.3, 0.4) is 0 Å². The molecule has 0 radical (unpaired) electrons. The highest BCUT2D eigenvalue weighted by molar-refractivity contribution is 5.88. The van der Waals surface area contributed by atoms with Crippen molar-refractivity contribution in [1.82, 2.24) is 10.6 Å². The fourth-order valence-corrected chi connectivity index (χ4v) is 1.61. The number of aryl methyl sites for hydroxylation is 1. The van der Waals surface area contributed by atoms with Crippen LogP contribution in [0, 0.1) is 6.92 Å². The summed E-state index contributed by atoms with van der Waals surface area (Å²) < 4.78 is 0. The summed E-state index contributed by atoms with van der Waals surface area (Å²) in [4.78, 5) is 22.4. The third-order valence-electron chi connectivity index (χ3n) is 2.67. The Labute approximate surface area is 122 Å². The average molecular weight is 290 g/mol. The van der Waals surface area contributed by atoms with Crippen molar-refractivity contribution in [2.24, 2.45) is 0 Å². The molecule has 0 saturated heterocycles. The number of hydrogen-bond donors (Lipinski definition) is 4. The minimum absolute atomic E-state index is 0.0252. The third-order valence-corrected chi connectivity index (χ3v) is 2.67. The van der Waals surface area contributed by atoms with E-state index < -0.39 is 0 Å². The maximum Gasteiger partial charge on any atom is 0.243 e. The lowest BCUT2D eigenvalue weighted by Gasteiger charge is -2.08. The Morgan fingerprint density at radius 1 is 1.24 bits per heavy atom. The second-order valence-electron chi connectivity index (χ2n) is 4.34. The first-order valence-corrected chi connectivity index (χ1v) is 6.30. The number of benzene rings is 1. The minimum Gasteiger partial charge on any atom is -0.508 e. The molecule has 0 fully saturated rings. The van der Waals surface area contributed by atoms with Gasteiger partial charge in [-0.05, 0) is 30.7 Å². The van der Waals surface area contributed by atoms with E-state index in [2.05, 4.69) is 17.2 Å². The van der Waals surface area contributed by atoms with E-state index in [-0.39, 0.29) is 36.4 Å². The molecule has 0 aliphatic carbocycles. The van der Waals surface area contributed by atoms with Gasteiger partial charge in [-0.1, -0.05) is 12.7 Å². The zero-order valence-electron chi connectivity index (χ0n) is 11.7. The van der Waals surface area contributed by atoms with Crippen molar-refractivity contribution in [2.75, 3.05) is 6.54 Å². The Morgan fingerprint density at radius 3 is 2.62 bits per heavy atom. The van der Waals surface area contributed by atoms with Crippen LogP contribution in [0.25, 0.3) is 0 Å². The summed E-state index contributed by atoms with van der Waals surface area (Å²) in [6.07, 6.45) is 3.90. The number of aromatic hydroxyl groups is 2. The molecule has 6 nitrogen and oxygen atoms in total. The zero-order valence-corrected chi connectivity index (χ0v) is 11.7. The normalized spacial score (nSPS) is 10.3. The van der Waals surface area contributed by atoms with Crippen LogP contribution in [0.4, 0.5) is 0 Å². The van der Waals surface area contributed by atoms with Gasteiger partial charge >= 0.3 is 0 Å². The molecule has 21 heavy (non-hydrogen) atoms. The predicted molar refractivity (Wildman–Crippen MR) is 78.7 cm³/mol. The van der Waals surface area contributed by atoms with Crippen LogP contribution in [0.15, 0.2) is 36.9 Å². The predicted octanol–water partition coefficient (Wildman–Crippen LogP) is 0.881. The number of carbonyl (C=O) groups excluding carboxylic acids is 2. The number of phenols is 2. The molecule has 0 spiro atoms. The Morgan fingerprint density at radius 2 is 1.95 bits per heavy atom. The highest BCUT2D eigenvalue weighted by Gasteiger charge is 2.07. The van der Waals surface area contributed by atoms with Crippen LogP contribution < -0.4 is 10.6 Å². The average Bonchev–Trinajstić information content (AvgIpc) is 2.45. The maximum atomic E-state index is 11.5. The third kappa shape index (κ3) is 5.40. The first kappa shape index (κ1) is 16.3. The van der Waals surface area contributed by atoms with E-state index in [4.69, 9.17) is 0 Å². The number of amides is 2. The van der Waals surface area contributed by atoms with Gasteiger partial charge in [0.2, 0.25) is 11.8 Å². The Balaban J connectivity index is 2.48. The van der Waals surface area contributed by atoms with Crippen LogP contribution >= 0.6 is 0 Å². The van der Waals surface area contributed by atoms with E-state index >= 15 is 0 Å². The molecule has 0 atom stereocenters. The molecule has 0 aliphatic rings. The van der Waals surface area contributed by atoms with Gasteiger partial charge < -0.3 is 20.8 Å². The fraction of sp³-hybridized carbons (Fsp3) is 0.200. The number of carbonyl (C=O) groups is 2. The molecule has 1 aromatic carbocycles. The smallest absolute Gasteiger partial charge is 0.243 e. The van der Waals surface area contributed by atoms with Gasteiger partial charge in [0.05, 0.1) is 0 Å². The zero-order chi connectivity index (χ0) is 15.8. The number of nitrogens with one attached hydrogen (secondary N) is 2. The molecule has 0 heterocycles. The summed E-state index contributed by atoms with van der Waals surface area (Å²) in [5, 5.41) is 24.3. The molecule has 0 bridgehead atoms.